The lowest BCUT2D eigenvalue weighted by atomic mass is 10.1. The minimum Gasteiger partial charge on any atom is -0.323 e. The molecule has 0 radical (unpaired) electrons. The van der Waals surface area contributed by atoms with E-state index >= 15 is 0 Å². The normalized spacial score (nSPS) is 18.2. The molecule has 1 saturated heterocycles. The molecule has 0 saturated carbocycles. The Morgan fingerprint density at radius 1 is 1.40 bits per heavy atom. The first-order chi connectivity index (χ1) is 9.65. The largest absolute Gasteiger partial charge is 0.323 e. The van der Waals surface area contributed by atoms with E-state index in [9.17, 15) is 4.79 Å². The third-order valence-corrected chi connectivity index (χ3v) is 3.50. The number of anilines is 1. The van der Waals surface area contributed by atoms with Crippen molar-refractivity contribution in [3.8, 4) is 0 Å². The molecule has 1 aromatic rings. The molecule has 4 nitrogen and oxygen atoms in total. The van der Waals surface area contributed by atoms with Crippen molar-refractivity contribution in [2.75, 3.05) is 25.0 Å². The molecule has 1 aromatic carbocycles. The summed E-state index contributed by atoms with van der Waals surface area (Å²) >= 11 is 0. The van der Waals surface area contributed by atoms with Crippen LogP contribution in [0.2, 0.25) is 0 Å². The smallest absolute Gasteiger partial charge is 0.321 e. The van der Waals surface area contributed by atoms with Crippen molar-refractivity contribution < 1.29 is 4.79 Å². The van der Waals surface area contributed by atoms with Gasteiger partial charge in [0.25, 0.3) is 0 Å². The summed E-state index contributed by atoms with van der Waals surface area (Å²) in [5.74, 6) is 0.470. The number of rotatable bonds is 5. The fraction of sp³-hybridized carbons (Fsp3) is 0.562. The molecule has 0 spiro atoms. The van der Waals surface area contributed by atoms with Crippen LogP contribution in [0.25, 0.3) is 0 Å². The van der Waals surface area contributed by atoms with E-state index in [2.05, 4.69) is 24.5 Å². The van der Waals surface area contributed by atoms with E-state index in [4.69, 9.17) is 0 Å². The van der Waals surface area contributed by atoms with Gasteiger partial charge in [-0.1, -0.05) is 32.0 Å². The number of nitrogens with one attached hydrogen (secondary N) is 2. The van der Waals surface area contributed by atoms with Gasteiger partial charge in [-0.3, -0.25) is 0 Å². The Morgan fingerprint density at radius 2 is 2.15 bits per heavy atom. The monoisotopic (exact) mass is 275 g/mol. The summed E-state index contributed by atoms with van der Waals surface area (Å²) in [7, 11) is 0. The zero-order valence-corrected chi connectivity index (χ0v) is 12.4. The molecule has 20 heavy (non-hydrogen) atoms. The van der Waals surface area contributed by atoms with E-state index in [1.165, 1.54) is 6.42 Å². The first-order valence-electron chi connectivity index (χ1n) is 7.49. The third kappa shape index (κ3) is 4.53. The minimum atomic E-state index is -0.00130. The molecule has 2 N–H and O–H groups in total. The summed E-state index contributed by atoms with van der Waals surface area (Å²) in [6, 6.07) is 10.1. The number of para-hydroxylation sites is 1. The Balaban J connectivity index is 1.95. The molecule has 0 aromatic heterocycles. The molecule has 1 aliphatic heterocycles. The van der Waals surface area contributed by atoms with E-state index in [1.54, 1.807) is 0 Å². The van der Waals surface area contributed by atoms with Gasteiger partial charge in [-0.2, -0.15) is 0 Å². The number of nitrogens with zero attached hydrogens (tertiary/aromatic N) is 1. The topological polar surface area (TPSA) is 44.4 Å². The van der Waals surface area contributed by atoms with Gasteiger partial charge in [0, 0.05) is 24.8 Å². The van der Waals surface area contributed by atoms with Crippen LogP contribution in [0.1, 0.15) is 26.7 Å². The SMILES string of the molecule is CC(C)CN(CC1CCCN1)C(=O)Nc1ccccc1. The maximum absolute atomic E-state index is 12.4. The van der Waals surface area contributed by atoms with E-state index in [0.29, 0.717) is 12.0 Å². The molecule has 4 heteroatoms. The lowest BCUT2D eigenvalue weighted by Gasteiger charge is -2.27. The van der Waals surface area contributed by atoms with Crippen molar-refractivity contribution in [2.45, 2.75) is 32.7 Å². The van der Waals surface area contributed by atoms with Gasteiger partial charge in [-0.25, -0.2) is 4.79 Å². The van der Waals surface area contributed by atoms with Crippen molar-refractivity contribution in [3.05, 3.63) is 30.3 Å². The second-order valence-electron chi connectivity index (χ2n) is 5.89. The molecule has 0 aliphatic carbocycles. The molecule has 1 fully saturated rings. The van der Waals surface area contributed by atoms with E-state index in [1.807, 2.05) is 35.2 Å². The van der Waals surface area contributed by atoms with Crippen LogP contribution in [0.4, 0.5) is 10.5 Å². The summed E-state index contributed by atoms with van der Waals surface area (Å²) in [5, 5.41) is 6.44. The van der Waals surface area contributed by atoms with Gasteiger partial charge in [0.1, 0.15) is 0 Å². The van der Waals surface area contributed by atoms with Gasteiger partial charge in [0.15, 0.2) is 0 Å². The third-order valence-electron chi connectivity index (χ3n) is 3.50. The number of amides is 2. The van der Waals surface area contributed by atoms with Crippen LogP contribution in [0.3, 0.4) is 0 Å². The van der Waals surface area contributed by atoms with Crippen molar-refractivity contribution in [1.29, 1.82) is 0 Å². The molecular formula is C16H25N3O. The quantitative estimate of drug-likeness (QED) is 0.868. The summed E-state index contributed by atoms with van der Waals surface area (Å²) < 4.78 is 0. The molecule has 110 valence electrons. The van der Waals surface area contributed by atoms with Gasteiger partial charge < -0.3 is 15.5 Å². The highest BCUT2D eigenvalue weighted by Gasteiger charge is 2.22. The minimum absolute atomic E-state index is 0.00130. The van der Waals surface area contributed by atoms with Crippen LogP contribution in [0.5, 0.6) is 0 Å². The zero-order valence-electron chi connectivity index (χ0n) is 12.4. The van der Waals surface area contributed by atoms with Gasteiger partial charge in [0.2, 0.25) is 0 Å². The van der Waals surface area contributed by atoms with Crippen LogP contribution in [-0.4, -0.2) is 36.6 Å². The average Bonchev–Trinajstić information content (AvgIpc) is 2.91. The first kappa shape index (κ1) is 14.9. The number of benzene rings is 1. The molecule has 0 bridgehead atoms. The van der Waals surface area contributed by atoms with Gasteiger partial charge in [0.05, 0.1) is 0 Å². The molecule has 1 atom stereocenters. The molecule has 2 amide bonds. The number of hydrogen-bond acceptors (Lipinski definition) is 2. The lowest BCUT2D eigenvalue weighted by molar-refractivity contribution is 0.198. The number of carbonyl (C=O) groups is 1. The second kappa shape index (κ2) is 7.29. The summed E-state index contributed by atoms with van der Waals surface area (Å²) in [6.07, 6.45) is 2.37. The Morgan fingerprint density at radius 3 is 2.75 bits per heavy atom. The number of carbonyl (C=O) groups excluding carboxylic acids is 1. The standard InChI is InChI=1S/C16H25N3O/c1-13(2)11-19(12-15-9-6-10-17-15)16(20)18-14-7-4-3-5-8-14/h3-5,7-8,13,15,17H,6,9-12H2,1-2H3,(H,18,20). The molecule has 2 rings (SSSR count). The molecule has 1 heterocycles. The van der Waals surface area contributed by atoms with Crippen LogP contribution in [0.15, 0.2) is 30.3 Å². The fourth-order valence-corrected chi connectivity index (χ4v) is 2.58. The zero-order chi connectivity index (χ0) is 14.4. The predicted octanol–water partition coefficient (Wildman–Crippen LogP) is 2.93. The van der Waals surface area contributed by atoms with Crippen LogP contribution >= 0.6 is 0 Å². The van der Waals surface area contributed by atoms with Crippen molar-refractivity contribution in [2.24, 2.45) is 5.92 Å². The maximum Gasteiger partial charge on any atom is 0.321 e. The van der Waals surface area contributed by atoms with Crippen molar-refractivity contribution in [1.82, 2.24) is 10.2 Å². The summed E-state index contributed by atoms with van der Waals surface area (Å²) in [4.78, 5) is 14.4. The Hall–Kier alpha value is -1.55. The Bertz CT molecular complexity index is 413. The van der Waals surface area contributed by atoms with E-state index in [-0.39, 0.29) is 6.03 Å². The summed E-state index contributed by atoms with van der Waals surface area (Å²) in [5.41, 5.74) is 0.852. The van der Waals surface area contributed by atoms with E-state index < -0.39 is 0 Å². The highest BCUT2D eigenvalue weighted by atomic mass is 16.2. The van der Waals surface area contributed by atoms with Gasteiger partial charge >= 0.3 is 6.03 Å². The average molecular weight is 275 g/mol. The Labute approximate surface area is 121 Å². The van der Waals surface area contributed by atoms with Crippen LogP contribution < -0.4 is 10.6 Å². The maximum atomic E-state index is 12.4. The predicted molar refractivity (Wildman–Crippen MR) is 82.9 cm³/mol. The van der Waals surface area contributed by atoms with Crippen molar-refractivity contribution >= 4 is 11.7 Å². The second-order valence-corrected chi connectivity index (χ2v) is 5.89. The number of urea groups is 1. The Kier molecular flexibility index (Phi) is 5.41. The molecular weight excluding hydrogens is 250 g/mol. The number of hydrogen-bond donors (Lipinski definition) is 2. The van der Waals surface area contributed by atoms with Crippen LogP contribution in [0, 0.1) is 5.92 Å². The van der Waals surface area contributed by atoms with E-state index in [0.717, 1.165) is 31.7 Å². The van der Waals surface area contributed by atoms with Crippen LogP contribution in [-0.2, 0) is 0 Å². The molecule has 1 unspecified atom stereocenters. The fourth-order valence-electron chi connectivity index (χ4n) is 2.58. The van der Waals surface area contributed by atoms with Gasteiger partial charge in [-0.15, -0.1) is 0 Å². The first-order valence-corrected chi connectivity index (χ1v) is 7.49. The lowest BCUT2D eigenvalue weighted by Crippen LogP contribution is -2.44. The summed E-state index contributed by atoms with van der Waals surface area (Å²) in [6.45, 7) is 6.93. The van der Waals surface area contributed by atoms with Gasteiger partial charge in [-0.05, 0) is 37.4 Å². The highest BCUT2D eigenvalue weighted by molar-refractivity contribution is 5.89. The van der Waals surface area contributed by atoms with Crippen molar-refractivity contribution in [3.63, 3.8) is 0 Å². The highest BCUT2D eigenvalue weighted by Crippen LogP contribution is 2.12. The molecule has 1 aliphatic rings.